The minimum atomic E-state index is -0.194. The Morgan fingerprint density at radius 2 is 1.86 bits per heavy atom. The van der Waals surface area contributed by atoms with Crippen LogP contribution in [0.15, 0.2) is 12.3 Å². The van der Waals surface area contributed by atoms with Gasteiger partial charge in [-0.05, 0) is 33.8 Å². The number of likely N-dealkylation sites (N-methyl/N-ethyl adjacent to an activating group) is 2. The van der Waals surface area contributed by atoms with Crippen molar-refractivity contribution in [3.05, 3.63) is 18.0 Å². The molecule has 6 heteroatoms. The molecule has 21 heavy (non-hydrogen) atoms. The number of nitrogen functional groups attached to an aromatic ring is 1. The van der Waals surface area contributed by atoms with E-state index in [9.17, 15) is 9.59 Å². The molecular weight excluding hydrogens is 268 g/mol. The fraction of sp³-hybridized carbons (Fsp3) is 0.600. The summed E-state index contributed by atoms with van der Waals surface area (Å²) < 4.78 is 1.83. The molecule has 2 N–H and O–H groups in total. The van der Waals surface area contributed by atoms with Gasteiger partial charge in [-0.3, -0.25) is 9.59 Å². The summed E-state index contributed by atoms with van der Waals surface area (Å²) in [6.45, 7) is 9.18. The van der Waals surface area contributed by atoms with E-state index in [2.05, 4.69) is 0 Å². The average Bonchev–Trinajstić information content (AvgIpc) is 2.81. The van der Waals surface area contributed by atoms with Crippen LogP contribution in [0.4, 0.5) is 5.69 Å². The van der Waals surface area contributed by atoms with Crippen LogP contribution in [0.25, 0.3) is 0 Å². The average molecular weight is 294 g/mol. The lowest BCUT2D eigenvalue weighted by Crippen LogP contribution is -2.41. The molecule has 6 nitrogen and oxygen atoms in total. The van der Waals surface area contributed by atoms with Crippen LogP contribution in [0.2, 0.25) is 0 Å². The molecule has 0 spiro atoms. The van der Waals surface area contributed by atoms with Crippen molar-refractivity contribution in [3.63, 3.8) is 0 Å². The van der Waals surface area contributed by atoms with Crippen LogP contribution in [-0.4, -0.2) is 52.9 Å². The van der Waals surface area contributed by atoms with Crippen molar-refractivity contribution < 1.29 is 9.59 Å². The fourth-order valence-electron chi connectivity index (χ4n) is 2.25. The molecule has 0 saturated heterocycles. The van der Waals surface area contributed by atoms with Crippen LogP contribution in [0.3, 0.4) is 0 Å². The van der Waals surface area contributed by atoms with Crippen molar-refractivity contribution in [1.29, 1.82) is 0 Å². The Kier molecular flexibility index (Phi) is 5.81. The normalized spacial score (nSPS) is 10.8. The molecule has 1 aromatic rings. The predicted octanol–water partition coefficient (Wildman–Crippen LogP) is 1.59. The first kappa shape index (κ1) is 17.1. The van der Waals surface area contributed by atoms with Gasteiger partial charge in [0, 0.05) is 32.4 Å². The molecule has 118 valence electrons. The Labute approximate surface area is 126 Å². The Morgan fingerprint density at radius 1 is 1.29 bits per heavy atom. The molecule has 1 aromatic heterocycles. The van der Waals surface area contributed by atoms with E-state index in [1.54, 1.807) is 24.2 Å². The third-order valence-electron chi connectivity index (χ3n) is 3.48. The highest BCUT2D eigenvalue weighted by atomic mass is 16.2. The zero-order valence-electron chi connectivity index (χ0n) is 13.6. The van der Waals surface area contributed by atoms with E-state index in [0.29, 0.717) is 24.5 Å². The van der Waals surface area contributed by atoms with E-state index in [1.807, 2.05) is 32.3 Å². The van der Waals surface area contributed by atoms with Gasteiger partial charge in [-0.2, -0.15) is 0 Å². The molecular formula is C15H26N4O2. The zero-order chi connectivity index (χ0) is 16.2. The third kappa shape index (κ3) is 4.00. The summed E-state index contributed by atoms with van der Waals surface area (Å²) in [6.07, 6.45) is 1.75. The molecule has 0 fully saturated rings. The zero-order valence-corrected chi connectivity index (χ0v) is 13.6. The smallest absolute Gasteiger partial charge is 0.270 e. The van der Waals surface area contributed by atoms with Gasteiger partial charge in [0.05, 0.1) is 12.2 Å². The van der Waals surface area contributed by atoms with Crippen LogP contribution in [-0.2, 0) is 4.79 Å². The van der Waals surface area contributed by atoms with Gasteiger partial charge in [0.1, 0.15) is 5.69 Å². The van der Waals surface area contributed by atoms with E-state index < -0.39 is 0 Å². The van der Waals surface area contributed by atoms with E-state index >= 15 is 0 Å². The minimum Gasteiger partial charge on any atom is -0.397 e. The Hall–Kier alpha value is -1.98. The number of nitrogens with two attached hydrogens (primary N) is 1. The Bertz CT molecular complexity index is 504. The second-order valence-corrected chi connectivity index (χ2v) is 5.39. The van der Waals surface area contributed by atoms with Crippen LogP contribution >= 0.6 is 0 Å². The Balaban J connectivity index is 2.86. The molecule has 0 aliphatic carbocycles. The van der Waals surface area contributed by atoms with Crippen molar-refractivity contribution in [2.75, 3.05) is 32.4 Å². The number of nitrogens with zero attached hydrogens (tertiary/aromatic N) is 3. The van der Waals surface area contributed by atoms with Crippen molar-refractivity contribution in [2.24, 2.45) is 0 Å². The maximum absolute atomic E-state index is 12.5. The summed E-state index contributed by atoms with van der Waals surface area (Å²) in [5.74, 6) is -0.243. The number of hydrogen-bond acceptors (Lipinski definition) is 3. The number of carbonyl (C=O) groups is 2. The molecule has 2 amide bonds. The van der Waals surface area contributed by atoms with Crippen LogP contribution < -0.4 is 5.73 Å². The predicted molar refractivity (Wildman–Crippen MR) is 84.1 cm³/mol. The highest BCUT2D eigenvalue weighted by Gasteiger charge is 2.21. The van der Waals surface area contributed by atoms with E-state index in [-0.39, 0.29) is 24.4 Å². The highest BCUT2D eigenvalue weighted by molar-refractivity contribution is 5.96. The lowest BCUT2D eigenvalue weighted by atomic mass is 10.3. The summed E-state index contributed by atoms with van der Waals surface area (Å²) in [4.78, 5) is 27.7. The summed E-state index contributed by atoms with van der Waals surface area (Å²) >= 11 is 0. The maximum Gasteiger partial charge on any atom is 0.270 e. The minimum absolute atomic E-state index is 0.0496. The number of carbonyl (C=O) groups excluding carboxylic acids is 2. The number of amides is 2. The first-order valence-electron chi connectivity index (χ1n) is 7.32. The molecule has 0 unspecified atom stereocenters. The highest BCUT2D eigenvalue weighted by Crippen LogP contribution is 2.17. The largest absolute Gasteiger partial charge is 0.397 e. The standard InChI is InChI=1S/C15H26N4O2/c1-6-18(7-2)14(20)10-17(5)15(21)13-8-12(16)9-19(13)11(3)4/h8-9,11H,6-7,10,16H2,1-5H3. The fourth-order valence-corrected chi connectivity index (χ4v) is 2.25. The van der Waals surface area contributed by atoms with Crippen molar-refractivity contribution in [1.82, 2.24) is 14.4 Å². The maximum atomic E-state index is 12.5. The summed E-state index contributed by atoms with van der Waals surface area (Å²) in [5.41, 5.74) is 6.84. The number of anilines is 1. The number of rotatable bonds is 6. The summed E-state index contributed by atoms with van der Waals surface area (Å²) in [6, 6.07) is 1.79. The topological polar surface area (TPSA) is 71.6 Å². The van der Waals surface area contributed by atoms with Crippen molar-refractivity contribution in [2.45, 2.75) is 33.7 Å². The van der Waals surface area contributed by atoms with Gasteiger partial charge in [-0.1, -0.05) is 0 Å². The van der Waals surface area contributed by atoms with Crippen molar-refractivity contribution >= 4 is 17.5 Å². The summed E-state index contributed by atoms with van der Waals surface area (Å²) in [5, 5.41) is 0. The Morgan fingerprint density at radius 3 is 2.33 bits per heavy atom. The number of aromatic nitrogens is 1. The van der Waals surface area contributed by atoms with E-state index in [4.69, 9.17) is 5.73 Å². The molecule has 0 aliphatic rings. The molecule has 1 rings (SSSR count). The molecule has 0 radical (unpaired) electrons. The first-order valence-corrected chi connectivity index (χ1v) is 7.32. The van der Waals surface area contributed by atoms with Gasteiger partial charge < -0.3 is 20.1 Å². The second kappa shape index (κ2) is 7.15. The third-order valence-corrected chi connectivity index (χ3v) is 3.48. The van der Waals surface area contributed by atoms with Gasteiger partial charge in [0.25, 0.3) is 5.91 Å². The van der Waals surface area contributed by atoms with Crippen LogP contribution in [0.1, 0.15) is 44.2 Å². The summed E-state index contributed by atoms with van der Waals surface area (Å²) in [7, 11) is 1.64. The quantitative estimate of drug-likeness (QED) is 0.866. The number of hydrogen-bond donors (Lipinski definition) is 1. The van der Waals surface area contributed by atoms with Crippen LogP contribution in [0.5, 0.6) is 0 Å². The van der Waals surface area contributed by atoms with Gasteiger partial charge in [-0.15, -0.1) is 0 Å². The molecule has 1 heterocycles. The van der Waals surface area contributed by atoms with E-state index in [0.717, 1.165) is 0 Å². The molecule has 0 aliphatic heterocycles. The van der Waals surface area contributed by atoms with E-state index in [1.165, 1.54) is 4.90 Å². The molecule has 0 bridgehead atoms. The molecule has 0 saturated carbocycles. The lowest BCUT2D eigenvalue weighted by molar-refractivity contribution is -0.131. The van der Waals surface area contributed by atoms with Crippen LogP contribution in [0, 0.1) is 0 Å². The van der Waals surface area contributed by atoms with Gasteiger partial charge in [0.15, 0.2) is 0 Å². The van der Waals surface area contributed by atoms with Crippen molar-refractivity contribution in [3.8, 4) is 0 Å². The van der Waals surface area contributed by atoms with Gasteiger partial charge in [0.2, 0.25) is 5.91 Å². The van der Waals surface area contributed by atoms with Gasteiger partial charge >= 0.3 is 0 Å². The van der Waals surface area contributed by atoms with Gasteiger partial charge in [-0.25, -0.2) is 0 Å². The molecule has 0 aromatic carbocycles. The SMILES string of the molecule is CCN(CC)C(=O)CN(C)C(=O)c1cc(N)cn1C(C)C. The monoisotopic (exact) mass is 294 g/mol. The first-order chi connectivity index (χ1) is 9.81. The lowest BCUT2D eigenvalue weighted by Gasteiger charge is -2.24. The molecule has 0 atom stereocenters. The second-order valence-electron chi connectivity index (χ2n) is 5.39.